The van der Waals surface area contributed by atoms with E-state index in [0.29, 0.717) is 5.56 Å². The maximum atomic E-state index is 12.7. The van der Waals surface area contributed by atoms with Crippen molar-refractivity contribution in [2.24, 2.45) is 4.99 Å². The minimum absolute atomic E-state index is 0.211. The molecule has 0 N–H and O–H groups in total. The molecule has 0 radical (unpaired) electrons. The summed E-state index contributed by atoms with van der Waals surface area (Å²) in [7, 11) is 1.66. The number of thiazole rings is 1. The number of hydrogen-bond acceptors (Lipinski definition) is 5. The minimum atomic E-state index is -0.211. The molecule has 0 unspecified atom stereocenters. The maximum absolute atomic E-state index is 12.7. The van der Waals surface area contributed by atoms with Crippen molar-refractivity contribution in [1.82, 2.24) is 4.57 Å². The number of benzene rings is 2. The molecule has 0 saturated heterocycles. The summed E-state index contributed by atoms with van der Waals surface area (Å²) in [5, 5.41) is 0. The van der Waals surface area contributed by atoms with Gasteiger partial charge in [0.15, 0.2) is 4.80 Å². The van der Waals surface area contributed by atoms with E-state index in [9.17, 15) is 4.79 Å². The van der Waals surface area contributed by atoms with E-state index in [0.717, 1.165) is 38.0 Å². The molecule has 1 aromatic heterocycles. The summed E-state index contributed by atoms with van der Waals surface area (Å²) < 4.78 is 8.50. The Balaban J connectivity index is 2.08. The molecule has 7 heteroatoms. The molecule has 136 valence electrons. The van der Waals surface area contributed by atoms with E-state index in [1.807, 2.05) is 48.7 Å². The molecular formula is C19H20N2O2S3. The number of ether oxygens (including phenoxy) is 1. The first-order valence-corrected chi connectivity index (χ1v) is 11.5. The lowest BCUT2D eigenvalue weighted by Gasteiger charge is -2.05. The zero-order valence-corrected chi connectivity index (χ0v) is 17.3. The van der Waals surface area contributed by atoms with E-state index in [2.05, 4.69) is 15.8 Å². The molecule has 0 bridgehead atoms. The highest BCUT2D eigenvalue weighted by Crippen LogP contribution is 2.23. The Morgan fingerprint density at radius 3 is 2.81 bits per heavy atom. The van der Waals surface area contributed by atoms with Crippen LogP contribution in [0, 0.1) is 0 Å². The van der Waals surface area contributed by atoms with Crippen molar-refractivity contribution >= 4 is 51.0 Å². The fourth-order valence-corrected chi connectivity index (χ4v) is 4.48. The van der Waals surface area contributed by atoms with Crippen LogP contribution in [0.4, 0.5) is 0 Å². The highest BCUT2D eigenvalue weighted by Gasteiger charge is 2.10. The molecule has 26 heavy (non-hydrogen) atoms. The predicted octanol–water partition coefficient (Wildman–Crippen LogP) is 4.54. The number of nitrogens with zero attached hydrogens (tertiary/aromatic N) is 2. The molecule has 3 rings (SSSR count). The number of aryl methyl sites for hydroxylation is 1. The van der Waals surface area contributed by atoms with Crippen molar-refractivity contribution in [2.45, 2.75) is 11.4 Å². The molecule has 4 nitrogen and oxygen atoms in total. The van der Waals surface area contributed by atoms with Crippen LogP contribution in [0.1, 0.15) is 10.4 Å². The van der Waals surface area contributed by atoms with Crippen LogP contribution in [0.3, 0.4) is 0 Å². The summed E-state index contributed by atoms with van der Waals surface area (Å²) in [6, 6.07) is 13.6. The number of thioether (sulfide) groups is 2. The van der Waals surface area contributed by atoms with Gasteiger partial charge in [-0.1, -0.05) is 17.4 Å². The van der Waals surface area contributed by atoms with Gasteiger partial charge in [0.2, 0.25) is 0 Å². The number of amides is 1. The first kappa shape index (κ1) is 19.1. The third-order valence-electron chi connectivity index (χ3n) is 3.92. The molecule has 3 aromatic rings. The zero-order chi connectivity index (χ0) is 18.5. The fourth-order valence-electron chi connectivity index (χ4n) is 2.57. The van der Waals surface area contributed by atoms with Gasteiger partial charge < -0.3 is 9.30 Å². The number of aromatic nitrogens is 1. The van der Waals surface area contributed by atoms with Gasteiger partial charge in [-0.05, 0) is 48.9 Å². The molecule has 0 aliphatic heterocycles. The second kappa shape index (κ2) is 8.79. The van der Waals surface area contributed by atoms with Gasteiger partial charge >= 0.3 is 0 Å². The van der Waals surface area contributed by atoms with Crippen molar-refractivity contribution < 1.29 is 9.53 Å². The van der Waals surface area contributed by atoms with Gasteiger partial charge in [-0.25, -0.2) is 0 Å². The molecular weight excluding hydrogens is 384 g/mol. The molecule has 1 amide bonds. The lowest BCUT2D eigenvalue weighted by Crippen LogP contribution is -2.18. The van der Waals surface area contributed by atoms with Crippen LogP contribution >= 0.6 is 34.9 Å². The maximum Gasteiger partial charge on any atom is 0.279 e. The molecule has 0 fully saturated rings. The molecule has 0 aliphatic rings. The van der Waals surface area contributed by atoms with Crippen molar-refractivity contribution in [2.75, 3.05) is 25.4 Å². The molecule has 2 aromatic carbocycles. The SMILES string of the molecule is COc1ccc2c(c1)sc(=NC(=O)c1cccc(SC)c1)n2CCSC. The first-order chi connectivity index (χ1) is 12.7. The zero-order valence-electron chi connectivity index (χ0n) is 14.9. The number of carbonyl (C=O) groups excluding carboxylic acids is 1. The van der Waals surface area contributed by atoms with Crippen molar-refractivity contribution in [1.29, 1.82) is 0 Å². The third-order valence-corrected chi connectivity index (χ3v) is 6.28. The topological polar surface area (TPSA) is 43.6 Å². The number of hydrogen-bond donors (Lipinski definition) is 0. The molecule has 0 atom stereocenters. The highest BCUT2D eigenvalue weighted by atomic mass is 32.2. The van der Waals surface area contributed by atoms with Crippen LogP contribution in [0.15, 0.2) is 52.4 Å². The van der Waals surface area contributed by atoms with E-state index >= 15 is 0 Å². The van der Waals surface area contributed by atoms with Gasteiger partial charge in [-0.3, -0.25) is 4.79 Å². The van der Waals surface area contributed by atoms with Crippen LogP contribution in [-0.4, -0.2) is 35.8 Å². The second-order valence-corrected chi connectivity index (χ2v) is 8.39. The van der Waals surface area contributed by atoms with Gasteiger partial charge in [0.25, 0.3) is 5.91 Å². The molecule has 0 spiro atoms. The van der Waals surface area contributed by atoms with Gasteiger partial charge in [0.05, 0.1) is 17.3 Å². The first-order valence-electron chi connectivity index (χ1n) is 8.05. The lowest BCUT2D eigenvalue weighted by atomic mass is 10.2. The van der Waals surface area contributed by atoms with Crippen LogP contribution in [-0.2, 0) is 6.54 Å². The number of rotatable bonds is 6. The largest absolute Gasteiger partial charge is 0.497 e. The van der Waals surface area contributed by atoms with Gasteiger partial charge in [0, 0.05) is 22.8 Å². The van der Waals surface area contributed by atoms with E-state index in [-0.39, 0.29) is 5.91 Å². The Kier molecular flexibility index (Phi) is 6.45. The molecule has 0 aliphatic carbocycles. The van der Waals surface area contributed by atoms with E-state index in [1.54, 1.807) is 30.6 Å². The summed E-state index contributed by atoms with van der Waals surface area (Å²) >= 11 is 4.91. The summed E-state index contributed by atoms with van der Waals surface area (Å²) in [6.07, 6.45) is 4.07. The smallest absolute Gasteiger partial charge is 0.279 e. The average molecular weight is 405 g/mol. The fraction of sp³-hybridized carbons (Fsp3) is 0.263. The molecule has 0 saturated carbocycles. The standard InChI is InChI=1S/C19H20N2O2S3/c1-23-14-7-8-16-17(12-14)26-19(21(16)9-10-24-2)20-18(22)13-5-4-6-15(11-13)25-3/h4-8,11-12H,9-10H2,1-3H3. The summed E-state index contributed by atoms with van der Waals surface area (Å²) in [5.74, 6) is 1.56. The quantitative estimate of drug-likeness (QED) is 0.566. The van der Waals surface area contributed by atoms with Crippen LogP contribution in [0.25, 0.3) is 10.2 Å². The molecule has 1 heterocycles. The van der Waals surface area contributed by atoms with Crippen LogP contribution in [0.5, 0.6) is 5.75 Å². The Hall–Kier alpha value is -1.70. The van der Waals surface area contributed by atoms with Crippen molar-refractivity contribution in [3.8, 4) is 5.75 Å². The monoisotopic (exact) mass is 404 g/mol. The normalized spacial score (nSPS) is 11.9. The van der Waals surface area contributed by atoms with Crippen molar-refractivity contribution in [3.05, 3.63) is 52.8 Å². The van der Waals surface area contributed by atoms with E-state index < -0.39 is 0 Å². The van der Waals surface area contributed by atoms with Crippen LogP contribution in [0.2, 0.25) is 0 Å². The summed E-state index contributed by atoms with van der Waals surface area (Å²) in [6.45, 7) is 0.810. The highest BCUT2D eigenvalue weighted by molar-refractivity contribution is 7.98. The van der Waals surface area contributed by atoms with Crippen LogP contribution < -0.4 is 9.54 Å². The third kappa shape index (κ3) is 4.16. The van der Waals surface area contributed by atoms with E-state index in [4.69, 9.17) is 4.74 Å². The summed E-state index contributed by atoms with van der Waals surface area (Å²) in [5.41, 5.74) is 1.69. The Morgan fingerprint density at radius 1 is 1.23 bits per heavy atom. The summed E-state index contributed by atoms with van der Waals surface area (Å²) in [4.78, 5) is 18.9. The second-order valence-electron chi connectivity index (χ2n) is 5.51. The lowest BCUT2D eigenvalue weighted by molar-refractivity contribution is 0.0997. The number of methoxy groups -OCH3 is 1. The van der Waals surface area contributed by atoms with Crippen molar-refractivity contribution in [3.63, 3.8) is 0 Å². The van der Waals surface area contributed by atoms with Gasteiger partial charge in [-0.2, -0.15) is 16.8 Å². The number of carbonyl (C=O) groups is 1. The predicted molar refractivity (Wildman–Crippen MR) is 113 cm³/mol. The van der Waals surface area contributed by atoms with Gasteiger partial charge in [-0.15, -0.1) is 11.8 Å². The minimum Gasteiger partial charge on any atom is -0.497 e. The average Bonchev–Trinajstić information content (AvgIpc) is 3.02. The van der Waals surface area contributed by atoms with Gasteiger partial charge in [0.1, 0.15) is 5.75 Å². The van der Waals surface area contributed by atoms with E-state index in [1.165, 1.54) is 11.3 Å². The number of fused-ring (bicyclic) bond motifs is 1. The Morgan fingerprint density at radius 2 is 2.08 bits per heavy atom. The Labute approximate surface area is 165 Å². The Bertz CT molecular complexity index is 992.